The van der Waals surface area contributed by atoms with Crippen LogP contribution in [0.3, 0.4) is 0 Å². The van der Waals surface area contributed by atoms with Gasteiger partial charge in [-0.1, -0.05) is 19.8 Å². The van der Waals surface area contributed by atoms with Crippen LogP contribution in [0.15, 0.2) is 15.9 Å². The number of rotatable bonds is 6. The van der Waals surface area contributed by atoms with Gasteiger partial charge in [0.15, 0.2) is 0 Å². The largest absolute Gasteiger partial charge is 0.309 e. The molecule has 0 radical (unpaired) electrons. The van der Waals surface area contributed by atoms with Gasteiger partial charge >= 0.3 is 0 Å². The predicted molar refractivity (Wildman–Crippen MR) is 68.0 cm³/mol. The molecule has 1 aromatic heterocycles. The van der Waals surface area contributed by atoms with Crippen LogP contribution in [0.25, 0.3) is 0 Å². The Morgan fingerprint density at radius 2 is 2.29 bits per heavy atom. The fourth-order valence-electron chi connectivity index (χ4n) is 1.35. The van der Waals surface area contributed by atoms with Crippen LogP contribution in [0.2, 0.25) is 0 Å². The number of thiophene rings is 1. The van der Waals surface area contributed by atoms with Crippen molar-refractivity contribution in [1.82, 2.24) is 5.32 Å². The normalized spacial score (nSPS) is 13.1. The summed E-state index contributed by atoms with van der Waals surface area (Å²) in [7, 11) is 0. The maximum Gasteiger partial charge on any atom is 0.0386 e. The zero-order valence-corrected chi connectivity index (χ0v) is 11.2. The van der Waals surface area contributed by atoms with E-state index in [1.807, 2.05) is 11.3 Å². The molecule has 1 nitrogen and oxygen atoms in total. The third-order valence-corrected chi connectivity index (χ3v) is 4.12. The zero-order chi connectivity index (χ0) is 10.4. The second kappa shape index (κ2) is 6.59. The van der Waals surface area contributed by atoms with E-state index in [0.29, 0.717) is 6.04 Å². The molecule has 0 aliphatic carbocycles. The van der Waals surface area contributed by atoms with Gasteiger partial charge in [0.25, 0.3) is 0 Å². The number of unbranched alkanes of at least 4 members (excludes halogenated alkanes) is 2. The van der Waals surface area contributed by atoms with Crippen LogP contribution in [-0.2, 0) is 0 Å². The van der Waals surface area contributed by atoms with E-state index in [-0.39, 0.29) is 0 Å². The monoisotopic (exact) mass is 275 g/mol. The molecule has 0 saturated carbocycles. The van der Waals surface area contributed by atoms with Crippen molar-refractivity contribution < 1.29 is 0 Å². The first-order chi connectivity index (χ1) is 6.74. The minimum absolute atomic E-state index is 0.489. The van der Waals surface area contributed by atoms with E-state index < -0.39 is 0 Å². The first-order valence-electron chi connectivity index (χ1n) is 5.21. The summed E-state index contributed by atoms with van der Waals surface area (Å²) in [6, 6.07) is 2.69. The summed E-state index contributed by atoms with van der Waals surface area (Å²) >= 11 is 5.29. The third-order valence-electron chi connectivity index (χ3n) is 2.25. The van der Waals surface area contributed by atoms with Crippen molar-refractivity contribution in [3.8, 4) is 0 Å². The summed E-state index contributed by atoms with van der Waals surface area (Å²) in [5.41, 5.74) is 0. The zero-order valence-electron chi connectivity index (χ0n) is 8.85. The molecule has 14 heavy (non-hydrogen) atoms. The van der Waals surface area contributed by atoms with Crippen LogP contribution in [0.1, 0.15) is 44.0 Å². The topological polar surface area (TPSA) is 12.0 Å². The van der Waals surface area contributed by atoms with E-state index in [0.717, 1.165) is 6.54 Å². The van der Waals surface area contributed by atoms with Crippen molar-refractivity contribution in [3.05, 3.63) is 20.8 Å². The van der Waals surface area contributed by atoms with Crippen molar-refractivity contribution in [2.24, 2.45) is 0 Å². The number of nitrogens with one attached hydrogen (secondary N) is 1. The molecule has 80 valence electrons. The van der Waals surface area contributed by atoms with Gasteiger partial charge in [0, 0.05) is 20.8 Å². The molecule has 1 heterocycles. The fourth-order valence-corrected chi connectivity index (χ4v) is 2.83. The smallest absolute Gasteiger partial charge is 0.0386 e. The number of hydrogen-bond donors (Lipinski definition) is 1. The number of hydrogen-bond acceptors (Lipinski definition) is 2. The Hall–Kier alpha value is 0.140. The Morgan fingerprint density at radius 3 is 2.86 bits per heavy atom. The van der Waals surface area contributed by atoms with Gasteiger partial charge in [-0.15, -0.1) is 11.3 Å². The highest BCUT2D eigenvalue weighted by Crippen LogP contribution is 2.25. The second-order valence-electron chi connectivity index (χ2n) is 3.55. The first-order valence-corrected chi connectivity index (χ1v) is 6.88. The van der Waals surface area contributed by atoms with Gasteiger partial charge in [-0.2, -0.15) is 0 Å². The molecule has 0 saturated heterocycles. The molecule has 1 aromatic rings. The standard InChI is InChI=1S/C11H18BrNS/c1-3-4-5-6-13-9(2)11-7-10(12)8-14-11/h7-9,13H,3-6H2,1-2H3. The van der Waals surface area contributed by atoms with Crippen molar-refractivity contribution in [2.75, 3.05) is 6.54 Å². The Bertz CT molecular complexity index is 260. The minimum Gasteiger partial charge on any atom is -0.309 e. The van der Waals surface area contributed by atoms with Gasteiger partial charge in [-0.3, -0.25) is 0 Å². The van der Waals surface area contributed by atoms with Crippen LogP contribution in [0, 0.1) is 0 Å². The molecule has 1 atom stereocenters. The summed E-state index contributed by atoms with van der Waals surface area (Å²) in [6.07, 6.45) is 3.90. The van der Waals surface area contributed by atoms with Crippen molar-refractivity contribution in [3.63, 3.8) is 0 Å². The molecule has 0 aliphatic rings. The van der Waals surface area contributed by atoms with Crippen LogP contribution >= 0.6 is 27.3 Å². The lowest BCUT2D eigenvalue weighted by molar-refractivity contribution is 0.549. The van der Waals surface area contributed by atoms with Crippen molar-refractivity contribution >= 4 is 27.3 Å². The molecule has 3 heteroatoms. The average Bonchev–Trinajstić information content (AvgIpc) is 2.59. The summed E-state index contributed by atoms with van der Waals surface area (Å²) in [5.74, 6) is 0. The molecular formula is C11H18BrNS. The minimum atomic E-state index is 0.489. The Balaban J connectivity index is 2.25. The van der Waals surface area contributed by atoms with Gasteiger partial charge in [0.2, 0.25) is 0 Å². The average molecular weight is 276 g/mol. The summed E-state index contributed by atoms with van der Waals surface area (Å²) < 4.78 is 1.19. The van der Waals surface area contributed by atoms with Gasteiger partial charge in [-0.25, -0.2) is 0 Å². The number of halogens is 1. The molecule has 0 amide bonds. The van der Waals surface area contributed by atoms with Crippen molar-refractivity contribution in [2.45, 2.75) is 39.2 Å². The molecule has 1 unspecified atom stereocenters. The third kappa shape index (κ3) is 4.11. The quantitative estimate of drug-likeness (QED) is 0.762. The Kier molecular flexibility index (Phi) is 5.75. The molecular weight excluding hydrogens is 258 g/mol. The van der Waals surface area contributed by atoms with Gasteiger partial charge < -0.3 is 5.32 Å². The molecule has 0 aromatic carbocycles. The molecule has 0 aliphatic heterocycles. The van der Waals surface area contributed by atoms with Gasteiger partial charge in [0.1, 0.15) is 0 Å². The highest BCUT2D eigenvalue weighted by Gasteiger charge is 2.06. The molecule has 1 N–H and O–H groups in total. The van der Waals surface area contributed by atoms with E-state index >= 15 is 0 Å². The summed E-state index contributed by atoms with van der Waals surface area (Å²) in [4.78, 5) is 1.41. The Morgan fingerprint density at radius 1 is 1.50 bits per heavy atom. The molecule has 0 fully saturated rings. The molecule has 0 spiro atoms. The predicted octanol–water partition coefficient (Wildman–Crippen LogP) is 4.35. The second-order valence-corrected chi connectivity index (χ2v) is 5.41. The first kappa shape index (κ1) is 12.2. The maximum atomic E-state index is 3.54. The van der Waals surface area contributed by atoms with Crippen molar-refractivity contribution in [1.29, 1.82) is 0 Å². The fraction of sp³-hybridized carbons (Fsp3) is 0.636. The van der Waals surface area contributed by atoms with E-state index in [9.17, 15) is 0 Å². The Labute approximate surface area is 99.0 Å². The van der Waals surface area contributed by atoms with E-state index in [1.54, 1.807) is 0 Å². The molecule has 1 rings (SSSR count). The van der Waals surface area contributed by atoms with E-state index in [2.05, 4.69) is 46.5 Å². The van der Waals surface area contributed by atoms with E-state index in [4.69, 9.17) is 0 Å². The van der Waals surface area contributed by atoms with Crippen LogP contribution in [-0.4, -0.2) is 6.54 Å². The maximum absolute atomic E-state index is 3.54. The van der Waals surface area contributed by atoms with Crippen LogP contribution < -0.4 is 5.32 Å². The van der Waals surface area contributed by atoms with Gasteiger partial charge in [-0.05, 0) is 41.9 Å². The van der Waals surface area contributed by atoms with Crippen LogP contribution in [0.4, 0.5) is 0 Å². The summed E-state index contributed by atoms with van der Waals surface area (Å²) in [5, 5.41) is 5.68. The van der Waals surface area contributed by atoms with E-state index in [1.165, 1.54) is 28.6 Å². The lowest BCUT2D eigenvalue weighted by Crippen LogP contribution is -2.18. The highest BCUT2D eigenvalue weighted by molar-refractivity contribution is 9.10. The van der Waals surface area contributed by atoms with Gasteiger partial charge in [0.05, 0.1) is 0 Å². The lowest BCUT2D eigenvalue weighted by Gasteiger charge is -2.11. The summed E-state index contributed by atoms with van der Waals surface area (Å²) in [6.45, 7) is 5.59. The van der Waals surface area contributed by atoms with Crippen LogP contribution in [0.5, 0.6) is 0 Å². The highest BCUT2D eigenvalue weighted by atomic mass is 79.9. The lowest BCUT2D eigenvalue weighted by atomic mass is 10.2. The molecule has 0 bridgehead atoms. The SMILES string of the molecule is CCCCCNC(C)c1cc(Br)cs1.